The molecule has 0 radical (unpaired) electrons. The van der Waals surface area contributed by atoms with E-state index in [1.54, 1.807) is 0 Å². The Morgan fingerprint density at radius 1 is 1.33 bits per heavy atom. The van der Waals surface area contributed by atoms with Crippen LogP contribution in [0.2, 0.25) is 0 Å². The normalized spacial score (nSPS) is 16.0. The average molecular weight is 175 g/mol. The quantitative estimate of drug-likeness (QED) is 0.524. The molecule has 74 valence electrons. The van der Waals surface area contributed by atoms with Crippen LogP contribution < -0.4 is 5.32 Å². The lowest BCUT2D eigenvalue weighted by Gasteiger charge is -2.13. The second kappa shape index (κ2) is 7.53. The van der Waals surface area contributed by atoms with Crippen molar-refractivity contribution in [2.45, 2.75) is 32.8 Å². The molecule has 0 bridgehead atoms. The number of rotatable bonds is 7. The molecule has 3 N–H and O–H groups in total. The summed E-state index contributed by atoms with van der Waals surface area (Å²) in [6.45, 7) is 5.83. The van der Waals surface area contributed by atoms with Crippen molar-refractivity contribution in [2.75, 3.05) is 19.7 Å². The number of aliphatic hydroxyl groups excluding tert-OH is 2. The van der Waals surface area contributed by atoms with Gasteiger partial charge in [0, 0.05) is 13.2 Å². The van der Waals surface area contributed by atoms with Crippen LogP contribution in [0.3, 0.4) is 0 Å². The maximum Gasteiger partial charge on any atom is 0.0662 e. The summed E-state index contributed by atoms with van der Waals surface area (Å²) in [5.74, 6) is 0.485. The Kier molecular flexibility index (Phi) is 7.45. The van der Waals surface area contributed by atoms with Crippen molar-refractivity contribution < 1.29 is 10.2 Å². The first-order valence-electron chi connectivity index (χ1n) is 4.70. The molecular weight excluding hydrogens is 154 g/mol. The van der Waals surface area contributed by atoms with Crippen LogP contribution in [0, 0.1) is 5.92 Å². The van der Waals surface area contributed by atoms with Crippen molar-refractivity contribution in [2.24, 2.45) is 5.92 Å². The van der Waals surface area contributed by atoms with Gasteiger partial charge in [-0.05, 0) is 25.3 Å². The number of nitrogens with one attached hydrogen (secondary N) is 1. The van der Waals surface area contributed by atoms with Crippen LogP contribution in [0.25, 0.3) is 0 Å². The highest BCUT2D eigenvalue weighted by atomic mass is 16.3. The molecular formula is C9H21NO2. The number of aliphatic hydroxyl groups is 2. The summed E-state index contributed by atoms with van der Waals surface area (Å²) in [6.07, 6.45) is 1.39. The van der Waals surface area contributed by atoms with E-state index in [0.29, 0.717) is 12.5 Å². The minimum absolute atomic E-state index is 0.230. The summed E-state index contributed by atoms with van der Waals surface area (Å²) in [5.41, 5.74) is 0. The molecule has 0 amide bonds. The van der Waals surface area contributed by atoms with Crippen LogP contribution in [0.15, 0.2) is 0 Å². The van der Waals surface area contributed by atoms with Gasteiger partial charge in [0.25, 0.3) is 0 Å². The van der Waals surface area contributed by atoms with Crippen molar-refractivity contribution in [1.82, 2.24) is 5.32 Å². The molecule has 0 spiro atoms. The van der Waals surface area contributed by atoms with Gasteiger partial charge in [0.05, 0.1) is 6.10 Å². The lowest BCUT2D eigenvalue weighted by atomic mass is 10.1. The highest BCUT2D eigenvalue weighted by Crippen LogP contribution is 1.98. The predicted molar refractivity (Wildman–Crippen MR) is 50.0 cm³/mol. The van der Waals surface area contributed by atoms with Gasteiger partial charge in [-0.15, -0.1) is 0 Å². The Hall–Kier alpha value is -0.120. The van der Waals surface area contributed by atoms with Crippen LogP contribution in [0.4, 0.5) is 0 Å². The maximum absolute atomic E-state index is 9.19. The van der Waals surface area contributed by atoms with Crippen LogP contribution in [-0.4, -0.2) is 36.0 Å². The highest BCUT2D eigenvalue weighted by molar-refractivity contribution is 4.60. The van der Waals surface area contributed by atoms with E-state index >= 15 is 0 Å². The van der Waals surface area contributed by atoms with E-state index in [0.717, 1.165) is 19.4 Å². The van der Waals surface area contributed by atoms with Gasteiger partial charge in [-0.3, -0.25) is 0 Å². The third kappa shape index (κ3) is 6.58. The zero-order chi connectivity index (χ0) is 9.40. The molecule has 0 aliphatic rings. The maximum atomic E-state index is 9.19. The second-order valence-corrected chi connectivity index (χ2v) is 3.34. The van der Waals surface area contributed by atoms with E-state index in [1.165, 1.54) is 0 Å². The molecule has 3 nitrogen and oxygen atoms in total. The van der Waals surface area contributed by atoms with E-state index in [4.69, 9.17) is 5.11 Å². The van der Waals surface area contributed by atoms with Crippen LogP contribution in [0.5, 0.6) is 0 Å². The second-order valence-electron chi connectivity index (χ2n) is 3.34. The molecule has 0 aliphatic heterocycles. The molecule has 2 unspecified atom stereocenters. The molecule has 0 rings (SSSR count). The van der Waals surface area contributed by atoms with Gasteiger partial charge < -0.3 is 15.5 Å². The minimum Gasteiger partial charge on any atom is -0.396 e. The fourth-order valence-corrected chi connectivity index (χ4v) is 0.963. The topological polar surface area (TPSA) is 52.5 Å². The summed E-state index contributed by atoms with van der Waals surface area (Å²) in [4.78, 5) is 0. The van der Waals surface area contributed by atoms with Crippen molar-refractivity contribution in [1.29, 1.82) is 0 Å². The number of hydrogen-bond acceptors (Lipinski definition) is 3. The summed E-state index contributed by atoms with van der Waals surface area (Å²) >= 11 is 0. The van der Waals surface area contributed by atoms with Gasteiger partial charge in [0.2, 0.25) is 0 Å². The summed E-state index contributed by atoms with van der Waals surface area (Å²) < 4.78 is 0. The number of hydrogen-bond donors (Lipinski definition) is 3. The molecule has 0 aromatic heterocycles. The van der Waals surface area contributed by atoms with E-state index in [9.17, 15) is 5.11 Å². The van der Waals surface area contributed by atoms with Crippen LogP contribution in [-0.2, 0) is 0 Å². The Balaban J connectivity index is 3.18. The molecule has 0 heterocycles. The van der Waals surface area contributed by atoms with Crippen LogP contribution >= 0.6 is 0 Å². The van der Waals surface area contributed by atoms with Gasteiger partial charge in [-0.2, -0.15) is 0 Å². The zero-order valence-corrected chi connectivity index (χ0v) is 8.08. The standard InChI is InChI=1S/C9H21NO2/c1-3-9(12)7-10-6-8(2)4-5-11/h8-12H,3-7H2,1-2H3. The van der Waals surface area contributed by atoms with Gasteiger partial charge in [0.15, 0.2) is 0 Å². The molecule has 0 fully saturated rings. The van der Waals surface area contributed by atoms with E-state index in [-0.39, 0.29) is 12.7 Å². The minimum atomic E-state index is -0.230. The predicted octanol–water partition coefficient (Wildman–Crippen LogP) is 0.365. The van der Waals surface area contributed by atoms with Gasteiger partial charge in [-0.1, -0.05) is 13.8 Å². The molecule has 0 aromatic carbocycles. The van der Waals surface area contributed by atoms with E-state index in [2.05, 4.69) is 12.2 Å². The molecule has 0 aromatic rings. The third-order valence-corrected chi connectivity index (χ3v) is 1.97. The summed E-state index contributed by atoms with van der Waals surface area (Å²) in [7, 11) is 0. The van der Waals surface area contributed by atoms with Crippen molar-refractivity contribution in [3.8, 4) is 0 Å². The first-order chi connectivity index (χ1) is 5.70. The van der Waals surface area contributed by atoms with Crippen molar-refractivity contribution >= 4 is 0 Å². The Bertz CT molecular complexity index is 98.5. The Morgan fingerprint density at radius 2 is 2.00 bits per heavy atom. The van der Waals surface area contributed by atoms with Gasteiger partial charge in [0.1, 0.15) is 0 Å². The van der Waals surface area contributed by atoms with Gasteiger partial charge >= 0.3 is 0 Å². The van der Waals surface area contributed by atoms with E-state index < -0.39 is 0 Å². The lowest BCUT2D eigenvalue weighted by molar-refractivity contribution is 0.164. The smallest absolute Gasteiger partial charge is 0.0662 e. The monoisotopic (exact) mass is 175 g/mol. The molecule has 12 heavy (non-hydrogen) atoms. The molecule has 2 atom stereocenters. The van der Waals surface area contributed by atoms with E-state index in [1.807, 2.05) is 6.92 Å². The molecule has 0 aliphatic carbocycles. The molecule has 0 saturated carbocycles. The van der Waals surface area contributed by atoms with Crippen molar-refractivity contribution in [3.05, 3.63) is 0 Å². The fourth-order valence-electron chi connectivity index (χ4n) is 0.963. The Morgan fingerprint density at radius 3 is 2.50 bits per heavy atom. The largest absolute Gasteiger partial charge is 0.396 e. The first-order valence-corrected chi connectivity index (χ1v) is 4.70. The Labute approximate surface area is 74.8 Å². The van der Waals surface area contributed by atoms with Gasteiger partial charge in [-0.25, -0.2) is 0 Å². The van der Waals surface area contributed by atoms with Crippen molar-refractivity contribution in [3.63, 3.8) is 0 Å². The summed E-state index contributed by atoms with van der Waals surface area (Å²) in [6, 6.07) is 0. The molecule has 0 saturated heterocycles. The zero-order valence-electron chi connectivity index (χ0n) is 8.08. The molecule has 3 heteroatoms. The fraction of sp³-hybridized carbons (Fsp3) is 1.00. The lowest BCUT2D eigenvalue weighted by Crippen LogP contribution is -2.30. The average Bonchev–Trinajstić information content (AvgIpc) is 2.04. The van der Waals surface area contributed by atoms with Crippen LogP contribution in [0.1, 0.15) is 26.7 Å². The SMILES string of the molecule is CCC(O)CNCC(C)CCO. The summed E-state index contributed by atoms with van der Waals surface area (Å²) in [5, 5.41) is 21.0. The highest BCUT2D eigenvalue weighted by Gasteiger charge is 2.02. The first kappa shape index (κ1) is 11.9. The third-order valence-electron chi connectivity index (χ3n) is 1.97.